The van der Waals surface area contributed by atoms with Crippen LogP contribution >= 0.6 is 0 Å². The molecule has 1 aromatic heterocycles. The van der Waals surface area contributed by atoms with E-state index in [9.17, 15) is 14.4 Å². The van der Waals surface area contributed by atoms with Crippen molar-refractivity contribution in [1.29, 1.82) is 0 Å². The number of carbonyl (C=O) groups is 2. The van der Waals surface area contributed by atoms with E-state index in [2.05, 4.69) is 6.92 Å². The van der Waals surface area contributed by atoms with E-state index in [0.717, 1.165) is 30.4 Å². The summed E-state index contributed by atoms with van der Waals surface area (Å²) in [6.07, 6.45) is 3.10. The molecule has 0 spiro atoms. The number of ether oxygens (including phenoxy) is 2. The minimum absolute atomic E-state index is 0.0178. The lowest BCUT2D eigenvalue weighted by Gasteiger charge is -2.26. The Bertz CT molecular complexity index is 1680. The van der Waals surface area contributed by atoms with Crippen molar-refractivity contribution in [2.75, 3.05) is 18.1 Å². The maximum absolute atomic E-state index is 14.1. The molecule has 2 heterocycles. The van der Waals surface area contributed by atoms with E-state index in [0.29, 0.717) is 52.5 Å². The van der Waals surface area contributed by atoms with Crippen LogP contribution in [0.5, 0.6) is 11.5 Å². The van der Waals surface area contributed by atoms with Crippen LogP contribution in [0.3, 0.4) is 0 Å². The predicted molar refractivity (Wildman–Crippen MR) is 160 cm³/mol. The SMILES string of the molecule is CCCCCOc1ccc(C2c3c(oc4cc(C)c(C)cc4c3=O)C(=O)N2c2ccc(C(C)=O)cc2)cc1OCC. The van der Waals surface area contributed by atoms with E-state index in [1.807, 2.05) is 45.0 Å². The Morgan fingerprint density at radius 3 is 2.32 bits per heavy atom. The summed E-state index contributed by atoms with van der Waals surface area (Å²) < 4.78 is 18.2. The van der Waals surface area contributed by atoms with Crippen LogP contribution in [-0.2, 0) is 0 Å². The van der Waals surface area contributed by atoms with Crippen molar-refractivity contribution in [1.82, 2.24) is 0 Å². The fourth-order valence-electron chi connectivity index (χ4n) is 5.28. The summed E-state index contributed by atoms with van der Waals surface area (Å²) in [6.45, 7) is 10.4. The number of Topliss-reactive ketones (excluding diaryl/α,β-unsaturated/α-hetero) is 1. The number of anilines is 1. The largest absolute Gasteiger partial charge is 0.490 e. The molecule has 1 aliphatic rings. The van der Waals surface area contributed by atoms with Crippen molar-refractivity contribution in [3.63, 3.8) is 0 Å². The Hall–Kier alpha value is -4.39. The molecule has 1 amide bonds. The van der Waals surface area contributed by atoms with Crippen LogP contribution in [0.1, 0.15) is 89.2 Å². The first-order valence-corrected chi connectivity index (χ1v) is 14.2. The minimum Gasteiger partial charge on any atom is -0.490 e. The number of amides is 1. The molecule has 0 saturated carbocycles. The lowest BCUT2D eigenvalue weighted by Crippen LogP contribution is -2.29. The number of hydrogen-bond donors (Lipinski definition) is 0. The van der Waals surface area contributed by atoms with Crippen LogP contribution in [0, 0.1) is 13.8 Å². The molecule has 7 nitrogen and oxygen atoms in total. The Morgan fingerprint density at radius 1 is 0.902 bits per heavy atom. The van der Waals surface area contributed by atoms with Gasteiger partial charge in [0.2, 0.25) is 5.76 Å². The molecule has 3 aromatic carbocycles. The van der Waals surface area contributed by atoms with Gasteiger partial charge in [0.05, 0.1) is 30.2 Å². The molecule has 0 saturated heterocycles. The molecule has 5 rings (SSSR count). The third-order valence-corrected chi connectivity index (χ3v) is 7.63. The summed E-state index contributed by atoms with van der Waals surface area (Å²) in [5.41, 5.74) is 4.11. The number of hydrogen-bond acceptors (Lipinski definition) is 6. The number of aryl methyl sites for hydroxylation is 2. The molecule has 7 heteroatoms. The van der Waals surface area contributed by atoms with Crippen molar-refractivity contribution in [2.24, 2.45) is 0 Å². The van der Waals surface area contributed by atoms with Crippen LogP contribution in [0.15, 0.2) is 63.8 Å². The summed E-state index contributed by atoms with van der Waals surface area (Å²) in [5.74, 6) is 0.685. The minimum atomic E-state index is -0.767. The Kier molecular flexibility index (Phi) is 7.97. The lowest BCUT2D eigenvalue weighted by molar-refractivity contribution is 0.0970. The van der Waals surface area contributed by atoms with Crippen molar-refractivity contribution in [3.8, 4) is 11.5 Å². The molecule has 0 fully saturated rings. The fourth-order valence-corrected chi connectivity index (χ4v) is 5.28. The summed E-state index contributed by atoms with van der Waals surface area (Å²) in [7, 11) is 0. The maximum Gasteiger partial charge on any atom is 0.295 e. The average molecular weight is 554 g/mol. The van der Waals surface area contributed by atoms with Gasteiger partial charge in [0.25, 0.3) is 5.91 Å². The highest BCUT2D eigenvalue weighted by atomic mass is 16.5. The second kappa shape index (κ2) is 11.6. The van der Waals surface area contributed by atoms with Gasteiger partial charge in [-0.1, -0.05) is 25.8 Å². The van der Waals surface area contributed by atoms with Crippen LogP contribution in [0.4, 0.5) is 5.69 Å². The zero-order valence-electron chi connectivity index (χ0n) is 24.2. The summed E-state index contributed by atoms with van der Waals surface area (Å²) >= 11 is 0. The number of carbonyl (C=O) groups excluding carboxylic acids is 2. The topological polar surface area (TPSA) is 86.0 Å². The first kappa shape index (κ1) is 28.1. The summed E-state index contributed by atoms with van der Waals surface area (Å²) in [4.78, 5) is 41.6. The number of ketones is 1. The van der Waals surface area contributed by atoms with Crippen LogP contribution in [0.25, 0.3) is 11.0 Å². The second-order valence-electron chi connectivity index (χ2n) is 10.5. The average Bonchev–Trinajstić information content (AvgIpc) is 3.25. The van der Waals surface area contributed by atoms with Gasteiger partial charge >= 0.3 is 0 Å². The molecule has 0 bridgehead atoms. The van der Waals surface area contributed by atoms with E-state index in [-0.39, 0.29) is 22.5 Å². The molecular formula is C34H35NO6. The molecule has 1 unspecified atom stereocenters. The van der Waals surface area contributed by atoms with Crippen LogP contribution in [0.2, 0.25) is 0 Å². The lowest BCUT2D eigenvalue weighted by atomic mass is 9.96. The quantitative estimate of drug-likeness (QED) is 0.151. The second-order valence-corrected chi connectivity index (χ2v) is 10.5. The molecule has 41 heavy (non-hydrogen) atoms. The number of unbranched alkanes of at least 4 members (excludes halogenated alkanes) is 2. The number of rotatable bonds is 10. The number of nitrogens with zero attached hydrogens (tertiary/aromatic N) is 1. The third-order valence-electron chi connectivity index (χ3n) is 7.63. The molecule has 0 radical (unpaired) electrons. The monoisotopic (exact) mass is 553 g/mol. The van der Waals surface area contributed by atoms with Gasteiger partial charge in [0.15, 0.2) is 22.7 Å². The van der Waals surface area contributed by atoms with Gasteiger partial charge in [-0.15, -0.1) is 0 Å². The number of benzene rings is 3. The van der Waals surface area contributed by atoms with Gasteiger partial charge in [0, 0.05) is 11.3 Å². The first-order valence-electron chi connectivity index (χ1n) is 14.2. The van der Waals surface area contributed by atoms with Gasteiger partial charge in [-0.3, -0.25) is 19.3 Å². The molecule has 1 aliphatic heterocycles. The Balaban J connectivity index is 1.69. The highest BCUT2D eigenvalue weighted by molar-refractivity contribution is 6.11. The zero-order chi connectivity index (χ0) is 29.3. The van der Waals surface area contributed by atoms with Crippen molar-refractivity contribution < 1.29 is 23.5 Å². The normalized spacial score (nSPS) is 14.4. The standard InChI is InChI=1S/C34H35NO6/c1-6-8-9-16-40-27-15-12-24(19-29(27)39-7-2)31-30-32(37)26-17-20(3)21(4)18-28(26)41-33(30)34(38)35(31)25-13-10-23(11-14-25)22(5)36/h10-15,17-19,31H,6-9,16H2,1-5H3. The molecule has 0 N–H and O–H groups in total. The first-order chi connectivity index (χ1) is 19.7. The highest BCUT2D eigenvalue weighted by Gasteiger charge is 2.44. The zero-order valence-corrected chi connectivity index (χ0v) is 24.2. The Labute approximate surface area is 239 Å². The van der Waals surface area contributed by atoms with Crippen LogP contribution < -0.4 is 19.8 Å². The van der Waals surface area contributed by atoms with Gasteiger partial charge in [-0.05, 0) is 99.3 Å². The predicted octanol–water partition coefficient (Wildman–Crippen LogP) is 7.33. The molecule has 0 aliphatic carbocycles. The molecule has 4 aromatic rings. The van der Waals surface area contributed by atoms with Gasteiger partial charge < -0.3 is 13.9 Å². The Morgan fingerprint density at radius 2 is 1.63 bits per heavy atom. The van der Waals surface area contributed by atoms with E-state index < -0.39 is 11.9 Å². The molecule has 212 valence electrons. The maximum atomic E-state index is 14.1. The highest BCUT2D eigenvalue weighted by Crippen LogP contribution is 2.43. The molecule has 1 atom stereocenters. The van der Waals surface area contributed by atoms with E-state index in [1.165, 1.54) is 6.92 Å². The fraction of sp³-hybridized carbons (Fsp3) is 0.324. The third kappa shape index (κ3) is 5.24. The van der Waals surface area contributed by atoms with E-state index in [4.69, 9.17) is 13.9 Å². The van der Waals surface area contributed by atoms with Gasteiger partial charge in [-0.2, -0.15) is 0 Å². The molecular weight excluding hydrogens is 518 g/mol. The van der Waals surface area contributed by atoms with Crippen molar-refractivity contribution in [2.45, 2.75) is 59.9 Å². The number of fused-ring (bicyclic) bond motifs is 2. The summed E-state index contributed by atoms with van der Waals surface area (Å²) in [5, 5.41) is 0.430. The summed E-state index contributed by atoms with van der Waals surface area (Å²) in [6, 6.07) is 15.2. The van der Waals surface area contributed by atoms with Crippen molar-refractivity contribution in [3.05, 3.63) is 98.4 Å². The van der Waals surface area contributed by atoms with E-state index in [1.54, 1.807) is 35.2 Å². The van der Waals surface area contributed by atoms with Gasteiger partial charge in [0.1, 0.15) is 5.58 Å². The van der Waals surface area contributed by atoms with Crippen molar-refractivity contribution >= 4 is 28.3 Å². The van der Waals surface area contributed by atoms with Gasteiger partial charge in [-0.25, -0.2) is 0 Å². The van der Waals surface area contributed by atoms with Crippen LogP contribution in [-0.4, -0.2) is 24.9 Å². The van der Waals surface area contributed by atoms with E-state index >= 15 is 0 Å². The smallest absolute Gasteiger partial charge is 0.295 e.